The molecule has 5 aromatic rings. The molecule has 3 N–H and O–H groups in total. The standard InChI is InChI=1S/C48H55ClN8O7S2/c1-48(2)17-13-35(42(28-48)33-3-5-36(49)6-4-33)31-55-19-21-56(22-20-55)38-9-11-41(45(26-38)64-39-25-34-14-18-50-46(34)52-30-39)47(58)54-66(62,63)40-10-12-43(44(27-40)57(59)60)51-29-32-15-23-65(61,24-16-32)53-37-7-8-37/h3-6,9-12,14,18,25-27,30,32,37,51H,7-8,13,15-17,19-24,28-29,31H2,1-2H3,(H,50,52)(H,54,58). The molecule has 1 amide bonds. The van der Waals surface area contributed by atoms with E-state index in [4.69, 9.17) is 16.3 Å². The van der Waals surface area contributed by atoms with Crippen molar-refractivity contribution >= 4 is 70.9 Å². The molecular weight excluding hydrogens is 900 g/mol. The molecule has 0 radical (unpaired) electrons. The minimum absolute atomic E-state index is 0.0499. The minimum atomic E-state index is -4.60. The van der Waals surface area contributed by atoms with Crippen molar-refractivity contribution in [1.29, 1.82) is 0 Å². The van der Waals surface area contributed by atoms with Gasteiger partial charge in [-0.05, 0) is 116 Å². The van der Waals surface area contributed by atoms with Crippen LogP contribution in [0.25, 0.3) is 16.6 Å². The largest absolute Gasteiger partial charge is 0.455 e. The monoisotopic (exact) mass is 954 g/mol. The van der Waals surface area contributed by atoms with Crippen LogP contribution in [-0.2, 0) is 19.8 Å². The van der Waals surface area contributed by atoms with Crippen molar-refractivity contribution in [2.45, 2.75) is 69.7 Å². The van der Waals surface area contributed by atoms with Crippen LogP contribution < -0.4 is 19.7 Å². The van der Waals surface area contributed by atoms with Gasteiger partial charge in [0.2, 0.25) is 0 Å². The first-order valence-electron chi connectivity index (χ1n) is 22.6. The number of halogens is 1. The number of fused-ring (bicyclic) bond motifs is 1. The van der Waals surface area contributed by atoms with Gasteiger partial charge in [-0.3, -0.25) is 19.8 Å². The molecule has 2 saturated heterocycles. The Kier molecular flexibility index (Phi) is 12.9. The summed E-state index contributed by atoms with van der Waals surface area (Å²) in [4.78, 5) is 37.3. The van der Waals surface area contributed by atoms with Crippen molar-refractivity contribution in [1.82, 2.24) is 19.6 Å². The van der Waals surface area contributed by atoms with Gasteiger partial charge >= 0.3 is 0 Å². The number of nitrogens with zero attached hydrogens (tertiary/aromatic N) is 5. The number of allylic oxidation sites excluding steroid dienone is 1. The molecule has 15 nitrogen and oxygen atoms in total. The number of hydrogen-bond acceptors (Lipinski definition) is 12. The number of aromatic amines is 1. The van der Waals surface area contributed by atoms with Crippen molar-refractivity contribution < 1.29 is 27.1 Å². The Morgan fingerprint density at radius 3 is 2.50 bits per heavy atom. The fraction of sp³-hybridized carbons (Fsp3) is 0.417. The van der Waals surface area contributed by atoms with Crippen LogP contribution >= 0.6 is 11.6 Å². The van der Waals surface area contributed by atoms with Gasteiger partial charge < -0.3 is 19.9 Å². The molecule has 0 bridgehead atoms. The van der Waals surface area contributed by atoms with Crippen molar-refractivity contribution in [3.63, 3.8) is 0 Å². The second-order valence-electron chi connectivity index (χ2n) is 18.8. The molecule has 2 aliphatic heterocycles. The average molecular weight is 956 g/mol. The molecule has 0 spiro atoms. The van der Waals surface area contributed by atoms with E-state index in [9.17, 15) is 27.5 Å². The Balaban J connectivity index is 0.903. The lowest BCUT2D eigenvalue weighted by Gasteiger charge is -2.39. The van der Waals surface area contributed by atoms with E-state index in [0.29, 0.717) is 55.4 Å². The van der Waals surface area contributed by atoms with Crippen LogP contribution in [0.4, 0.5) is 17.1 Å². The molecule has 66 heavy (non-hydrogen) atoms. The lowest BCUT2D eigenvalue weighted by atomic mass is 9.72. The van der Waals surface area contributed by atoms with E-state index in [-0.39, 0.29) is 34.4 Å². The van der Waals surface area contributed by atoms with Gasteiger partial charge in [-0.2, -0.15) is 0 Å². The first kappa shape index (κ1) is 45.7. The third-order valence-corrected chi connectivity index (χ3v) is 17.2. The molecule has 2 aromatic heterocycles. The van der Waals surface area contributed by atoms with Gasteiger partial charge in [0, 0.05) is 94.9 Å². The van der Waals surface area contributed by atoms with E-state index in [2.05, 4.69) is 60.1 Å². The summed E-state index contributed by atoms with van der Waals surface area (Å²) in [5, 5.41) is 16.9. The highest BCUT2D eigenvalue weighted by Crippen LogP contribution is 2.44. The molecular formula is C48H55ClN8O7S2. The maximum absolute atomic E-state index is 14.0. The smallest absolute Gasteiger partial charge is 0.293 e. The Hall–Kier alpha value is -5.49. The van der Waals surface area contributed by atoms with Crippen LogP contribution in [-0.4, -0.2) is 95.1 Å². The van der Waals surface area contributed by atoms with E-state index in [1.807, 2.05) is 18.2 Å². The van der Waals surface area contributed by atoms with Crippen molar-refractivity contribution in [3.8, 4) is 11.5 Å². The highest BCUT2D eigenvalue weighted by atomic mass is 35.5. The molecule has 1 saturated carbocycles. The Labute approximate surface area is 390 Å². The summed E-state index contributed by atoms with van der Waals surface area (Å²) < 4.78 is 53.6. The minimum Gasteiger partial charge on any atom is -0.455 e. The number of rotatable bonds is 14. The van der Waals surface area contributed by atoms with Crippen LogP contribution in [0.5, 0.6) is 11.5 Å². The number of nitrogens with one attached hydrogen (secondary N) is 3. The number of nitro benzene ring substituents is 1. The Morgan fingerprint density at radius 1 is 1.02 bits per heavy atom. The summed E-state index contributed by atoms with van der Waals surface area (Å²) in [6, 6.07) is 20.6. The third-order valence-electron chi connectivity index (χ3n) is 13.2. The number of anilines is 2. The van der Waals surface area contributed by atoms with Crippen LogP contribution in [0.2, 0.25) is 5.02 Å². The van der Waals surface area contributed by atoms with Gasteiger partial charge in [-0.25, -0.2) is 26.7 Å². The molecule has 3 fully saturated rings. The summed E-state index contributed by atoms with van der Waals surface area (Å²) in [5.74, 6) is 0.639. The Bertz CT molecular complexity index is 2920. The van der Waals surface area contributed by atoms with Gasteiger partial charge in [0.15, 0.2) is 0 Å². The van der Waals surface area contributed by atoms with Crippen molar-refractivity contribution in [2.24, 2.45) is 15.7 Å². The Morgan fingerprint density at radius 2 is 1.77 bits per heavy atom. The number of aromatic nitrogens is 2. The number of hydrogen-bond donors (Lipinski definition) is 3. The molecule has 2 aliphatic carbocycles. The van der Waals surface area contributed by atoms with Gasteiger partial charge in [-0.1, -0.05) is 43.2 Å². The predicted octanol–water partition coefficient (Wildman–Crippen LogP) is 9.27. The lowest BCUT2D eigenvalue weighted by Crippen LogP contribution is -2.47. The molecule has 4 aliphatic rings. The first-order chi connectivity index (χ1) is 31.6. The van der Waals surface area contributed by atoms with E-state index >= 15 is 0 Å². The maximum Gasteiger partial charge on any atom is 0.293 e. The number of benzene rings is 3. The summed E-state index contributed by atoms with van der Waals surface area (Å²) in [7, 11) is -6.79. The second kappa shape index (κ2) is 18.7. The van der Waals surface area contributed by atoms with Crippen LogP contribution in [0.15, 0.2) is 100 Å². The van der Waals surface area contributed by atoms with E-state index < -0.39 is 41.2 Å². The van der Waals surface area contributed by atoms with Gasteiger partial charge in [-0.15, -0.1) is 0 Å². The summed E-state index contributed by atoms with van der Waals surface area (Å²) in [6.07, 6.45) is 9.81. The molecule has 4 heterocycles. The molecule has 3 aromatic carbocycles. The quantitative estimate of drug-likeness (QED) is 0.0710. The number of nitro groups is 1. The van der Waals surface area contributed by atoms with Gasteiger partial charge in [0.05, 0.1) is 27.6 Å². The highest BCUT2D eigenvalue weighted by molar-refractivity contribution is 7.93. The molecule has 18 heteroatoms. The van der Waals surface area contributed by atoms with E-state index in [0.717, 1.165) is 73.9 Å². The lowest BCUT2D eigenvalue weighted by molar-refractivity contribution is -0.384. The third kappa shape index (κ3) is 10.7. The molecule has 9 rings (SSSR count). The SMILES string of the molecule is CC1(C)CCC(CN2CCN(c3ccc(C(=O)NS(=O)(=O)c4ccc(NCC5CCS(=O)(=NC6CC6)CC5)c([N+](=O)[O-])c4)c(Oc4cnc5[nH]ccc5c4)c3)CC2)=C(c2ccc(Cl)cc2)C1. The van der Waals surface area contributed by atoms with Crippen LogP contribution in [0, 0.1) is 21.4 Å². The van der Waals surface area contributed by atoms with Gasteiger partial charge in [0.1, 0.15) is 22.8 Å². The number of pyridine rings is 1. The van der Waals surface area contributed by atoms with E-state index in [1.54, 1.807) is 24.4 Å². The number of piperazine rings is 1. The fourth-order valence-corrected chi connectivity index (χ4v) is 12.8. The average Bonchev–Trinajstić information content (AvgIpc) is 3.98. The number of amides is 1. The predicted molar refractivity (Wildman–Crippen MR) is 260 cm³/mol. The number of carbonyl (C=O) groups is 1. The van der Waals surface area contributed by atoms with Crippen LogP contribution in [0.1, 0.15) is 74.7 Å². The summed E-state index contributed by atoms with van der Waals surface area (Å²) >= 11 is 6.25. The highest BCUT2D eigenvalue weighted by Gasteiger charge is 2.32. The zero-order valence-electron chi connectivity index (χ0n) is 37.1. The normalized spacial score (nSPS) is 21.4. The first-order valence-corrected chi connectivity index (χ1v) is 26.3. The second-order valence-corrected chi connectivity index (χ2v) is 23.5. The summed E-state index contributed by atoms with van der Waals surface area (Å²) in [5.41, 5.74) is 5.42. The van der Waals surface area contributed by atoms with Crippen LogP contribution in [0.3, 0.4) is 0 Å². The molecule has 348 valence electrons. The van der Waals surface area contributed by atoms with Gasteiger partial charge in [0.25, 0.3) is 21.6 Å². The molecule has 0 unspecified atom stereocenters. The number of sulfonamides is 1. The topological polar surface area (TPSA) is 192 Å². The number of carbonyl (C=O) groups excluding carboxylic acids is 1. The number of H-pyrrole nitrogens is 1. The zero-order valence-corrected chi connectivity index (χ0v) is 39.5. The zero-order chi connectivity index (χ0) is 46.2. The number of ether oxygens (including phenoxy) is 1. The maximum atomic E-state index is 14.0. The van der Waals surface area contributed by atoms with E-state index in [1.165, 1.54) is 41.1 Å². The molecule has 0 atom stereocenters. The fourth-order valence-electron chi connectivity index (χ4n) is 9.16. The van der Waals surface area contributed by atoms with Crippen molar-refractivity contribution in [3.05, 3.63) is 117 Å². The summed E-state index contributed by atoms with van der Waals surface area (Å²) in [6.45, 7) is 8.99. The van der Waals surface area contributed by atoms with Crippen molar-refractivity contribution in [2.75, 3.05) is 61.0 Å².